The molecule has 2 aromatic heterocycles. The summed E-state index contributed by atoms with van der Waals surface area (Å²) in [5.41, 5.74) is 2.78. The quantitative estimate of drug-likeness (QED) is 0.552. The highest BCUT2D eigenvalue weighted by atomic mass is 19.1. The van der Waals surface area contributed by atoms with Crippen molar-refractivity contribution in [2.75, 3.05) is 5.32 Å². The smallest absolute Gasteiger partial charge is 0.263 e. The van der Waals surface area contributed by atoms with Gasteiger partial charge in [0.25, 0.3) is 5.71 Å². The van der Waals surface area contributed by atoms with Crippen molar-refractivity contribution in [1.29, 1.82) is 0 Å². The number of carbonyl (C=O) groups excluding carboxylic acids is 1. The van der Waals surface area contributed by atoms with E-state index in [1.54, 1.807) is 30.3 Å². The molecule has 0 aliphatic carbocycles. The first-order chi connectivity index (χ1) is 12.6. The molecule has 0 aliphatic rings. The summed E-state index contributed by atoms with van der Waals surface area (Å²) in [6.45, 7) is 1.51. The lowest BCUT2D eigenvalue weighted by Gasteiger charge is -2.08. The van der Waals surface area contributed by atoms with Gasteiger partial charge in [0, 0.05) is 16.8 Å². The number of carbonyl (C=O) groups is 1. The van der Waals surface area contributed by atoms with E-state index in [-0.39, 0.29) is 11.6 Å². The Morgan fingerprint density at radius 2 is 1.92 bits per heavy atom. The maximum atomic E-state index is 13.2. The maximum absolute atomic E-state index is 13.2. The molecule has 4 rings (SSSR count). The van der Waals surface area contributed by atoms with Crippen molar-refractivity contribution in [3.63, 3.8) is 0 Å². The van der Waals surface area contributed by atoms with E-state index in [2.05, 4.69) is 20.4 Å². The van der Waals surface area contributed by atoms with Gasteiger partial charge in [-0.25, -0.2) is 9.37 Å². The Hall–Kier alpha value is -3.61. The Kier molecular flexibility index (Phi) is 3.89. The average Bonchev–Trinajstić information content (AvgIpc) is 3.08. The van der Waals surface area contributed by atoms with Crippen molar-refractivity contribution in [3.8, 4) is 11.3 Å². The SMILES string of the molecule is CC(=O)c1cccc(Nc2ncnc3onc(-c4ccc(F)cc4)c23)c1. The molecule has 4 aromatic rings. The van der Waals surface area contributed by atoms with Crippen molar-refractivity contribution >= 4 is 28.4 Å². The van der Waals surface area contributed by atoms with Crippen LogP contribution in [-0.4, -0.2) is 20.9 Å². The highest BCUT2D eigenvalue weighted by molar-refractivity contribution is 5.99. The monoisotopic (exact) mass is 348 g/mol. The Morgan fingerprint density at radius 3 is 2.69 bits per heavy atom. The number of ketones is 1. The Balaban J connectivity index is 1.80. The third-order valence-corrected chi connectivity index (χ3v) is 3.92. The number of aromatic nitrogens is 3. The molecule has 0 radical (unpaired) electrons. The van der Waals surface area contributed by atoms with Gasteiger partial charge in [-0.05, 0) is 43.3 Å². The van der Waals surface area contributed by atoms with Crippen molar-refractivity contribution in [1.82, 2.24) is 15.1 Å². The van der Waals surface area contributed by atoms with Gasteiger partial charge in [0.1, 0.15) is 29.0 Å². The van der Waals surface area contributed by atoms with Crippen LogP contribution in [0.15, 0.2) is 59.4 Å². The molecule has 0 spiro atoms. The van der Waals surface area contributed by atoms with Crippen LogP contribution in [0.25, 0.3) is 22.4 Å². The van der Waals surface area contributed by atoms with E-state index in [1.807, 2.05) is 6.07 Å². The van der Waals surface area contributed by atoms with E-state index < -0.39 is 0 Å². The number of fused-ring (bicyclic) bond motifs is 1. The number of nitrogens with zero attached hydrogens (tertiary/aromatic N) is 3. The van der Waals surface area contributed by atoms with Gasteiger partial charge in [0.05, 0.1) is 0 Å². The number of rotatable bonds is 4. The summed E-state index contributed by atoms with van der Waals surface area (Å²) >= 11 is 0. The minimum atomic E-state index is -0.336. The molecular weight excluding hydrogens is 335 g/mol. The van der Waals surface area contributed by atoms with Crippen LogP contribution in [0.5, 0.6) is 0 Å². The first kappa shape index (κ1) is 15.9. The van der Waals surface area contributed by atoms with Crippen molar-refractivity contribution in [3.05, 3.63) is 66.2 Å². The second-order valence-corrected chi connectivity index (χ2v) is 5.70. The molecule has 1 N–H and O–H groups in total. The van der Waals surface area contributed by atoms with Crippen LogP contribution < -0.4 is 5.32 Å². The van der Waals surface area contributed by atoms with Crippen LogP contribution in [0.4, 0.5) is 15.9 Å². The number of nitrogens with one attached hydrogen (secondary N) is 1. The summed E-state index contributed by atoms with van der Waals surface area (Å²) in [4.78, 5) is 19.9. The van der Waals surface area contributed by atoms with E-state index in [4.69, 9.17) is 4.52 Å². The third-order valence-electron chi connectivity index (χ3n) is 3.92. The number of halogens is 1. The molecule has 6 nitrogen and oxygen atoms in total. The number of Topliss-reactive ketones (excluding diaryl/α,β-unsaturated/α-hetero) is 1. The number of hydrogen-bond donors (Lipinski definition) is 1. The minimum Gasteiger partial charge on any atom is -0.339 e. The van der Waals surface area contributed by atoms with Gasteiger partial charge in [-0.3, -0.25) is 4.79 Å². The molecule has 2 aromatic carbocycles. The van der Waals surface area contributed by atoms with E-state index in [0.29, 0.717) is 39.4 Å². The lowest BCUT2D eigenvalue weighted by Crippen LogP contribution is -1.98. The predicted molar refractivity (Wildman–Crippen MR) is 94.7 cm³/mol. The van der Waals surface area contributed by atoms with Crippen LogP contribution >= 0.6 is 0 Å². The van der Waals surface area contributed by atoms with Crippen LogP contribution in [0, 0.1) is 5.82 Å². The molecule has 0 fully saturated rings. The van der Waals surface area contributed by atoms with Gasteiger partial charge in [-0.2, -0.15) is 4.98 Å². The number of anilines is 2. The Labute approximate surface area is 147 Å². The van der Waals surface area contributed by atoms with Crippen LogP contribution in [-0.2, 0) is 0 Å². The summed E-state index contributed by atoms with van der Waals surface area (Å²) < 4.78 is 18.5. The molecule has 26 heavy (non-hydrogen) atoms. The summed E-state index contributed by atoms with van der Waals surface area (Å²) in [5.74, 6) is 0.118. The summed E-state index contributed by atoms with van der Waals surface area (Å²) in [6, 6.07) is 13.0. The highest BCUT2D eigenvalue weighted by Crippen LogP contribution is 2.32. The molecule has 0 saturated carbocycles. The molecule has 128 valence electrons. The summed E-state index contributed by atoms with van der Waals surface area (Å²) in [5, 5.41) is 7.80. The zero-order valence-electron chi connectivity index (χ0n) is 13.7. The fraction of sp³-hybridized carbons (Fsp3) is 0.0526. The second kappa shape index (κ2) is 6.36. The lowest BCUT2D eigenvalue weighted by atomic mass is 10.1. The Morgan fingerprint density at radius 1 is 1.12 bits per heavy atom. The van der Waals surface area contributed by atoms with Gasteiger partial charge in [-0.15, -0.1) is 0 Å². The van der Waals surface area contributed by atoms with E-state index in [0.717, 1.165) is 0 Å². The normalized spacial score (nSPS) is 10.8. The zero-order chi connectivity index (χ0) is 18.1. The number of benzene rings is 2. The molecule has 0 aliphatic heterocycles. The molecule has 2 heterocycles. The summed E-state index contributed by atoms with van der Waals surface area (Å²) in [6.07, 6.45) is 1.36. The van der Waals surface area contributed by atoms with Crippen LogP contribution in [0.1, 0.15) is 17.3 Å². The first-order valence-corrected chi connectivity index (χ1v) is 7.86. The van der Waals surface area contributed by atoms with E-state index in [1.165, 1.54) is 25.4 Å². The van der Waals surface area contributed by atoms with Gasteiger partial charge in [0.2, 0.25) is 0 Å². The third kappa shape index (κ3) is 2.90. The fourth-order valence-corrected chi connectivity index (χ4v) is 2.64. The second-order valence-electron chi connectivity index (χ2n) is 5.70. The molecule has 0 atom stereocenters. The lowest BCUT2D eigenvalue weighted by molar-refractivity contribution is 0.101. The average molecular weight is 348 g/mol. The van der Waals surface area contributed by atoms with Gasteiger partial charge < -0.3 is 9.84 Å². The largest absolute Gasteiger partial charge is 0.339 e. The predicted octanol–water partition coefficient (Wildman–Crippen LogP) is 4.37. The van der Waals surface area contributed by atoms with Crippen molar-refractivity contribution < 1.29 is 13.7 Å². The van der Waals surface area contributed by atoms with Gasteiger partial charge in [-0.1, -0.05) is 17.3 Å². The maximum Gasteiger partial charge on any atom is 0.263 e. The summed E-state index contributed by atoms with van der Waals surface area (Å²) in [7, 11) is 0. The zero-order valence-corrected chi connectivity index (χ0v) is 13.7. The van der Waals surface area contributed by atoms with Gasteiger partial charge in [0.15, 0.2) is 5.78 Å². The molecule has 0 bridgehead atoms. The van der Waals surface area contributed by atoms with Gasteiger partial charge >= 0.3 is 0 Å². The standard InChI is InChI=1S/C19H13FN4O2/c1-11(25)13-3-2-4-15(9-13)23-18-16-17(12-5-7-14(20)8-6-12)24-26-19(16)22-10-21-18/h2-10H,1H3,(H,21,22,23). The fourth-order valence-electron chi connectivity index (χ4n) is 2.64. The first-order valence-electron chi connectivity index (χ1n) is 7.86. The molecule has 0 unspecified atom stereocenters. The minimum absolute atomic E-state index is 0.0292. The number of hydrogen-bond acceptors (Lipinski definition) is 6. The molecule has 0 saturated heterocycles. The van der Waals surface area contributed by atoms with E-state index in [9.17, 15) is 9.18 Å². The molecule has 7 heteroatoms. The highest BCUT2D eigenvalue weighted by Gasteiger charge is 2.17. The topological polar surface area (TPSA) is 80.9 Å². The van der Waals surface area contributed by atoms with Crippen LogP contribution in [0.3, 0.4) is 0 Å². The Bertz CT molecular complexity index is 1110. The van der Waals surface area contributed by atoms with Crippen LogP contribution in [0.2, 0.25) is 0 Å². The molecule has 0 amide bonds. The van der Waals surface area contributed by atoms with E-state index >= 15 is 0 Å². The van der Waals surface area contributed by atoms with Crippen molar-refractivity contribution in [2.45, 2.75) is 6.92 Å². The molecular formula is C19H13FN4O2. The van der Waals surface area contributed by atoms with Crippen molar-refractivity contribution in [2.24, 2.45) is 0 Å².